The van der Waals surface area contributed by atoms with Crippen LogP contribution in [-0.2, 0) is 11.3 Å². The van der Waals surface area contributed by atoms with Crippen molar-refractivity contribution in [3.8, 4) is 0 Å². The molecule has 1 N–H and O–H groups in total. The molecular weight excluding hydrogens is 162 g/mol. The Morgan fingerprint density at radius 1 is 1.64 bits per heavy atom. The Morgan fingerprint density at radius 2 is 2.18 bits per heavy atom. The lowest BCUT2D eigenvalue weighted by Crippen LogP contribution is -2.22. The standard InChI is InChI=1S/C7H17NO2S/c1-4-7(2)5-6-8(3)11(9)10/h7H,4-6H2,1-3H3,(H,9,10). The largest absolute Gasteiger partial charge is 0.294 e. The lowest BCUT2D eigenvalue weighted by Gasteiger charge is -2.13. The number of hydrogen-bond acceptors (Lipinski definition) is 1. The van der Waals surface area contributed by atoms with Gasteiger partial charge in [-0.05, 0) is 12.3 Å². The van der Waals surface area contributed by atoms with E-state index < -0.39 is 11.3 Å². The van der Waals surface area contributed by atoms with Crippen LogP contribution in [-0.4, -0.2) is 26.7 Å². The van der Waals surface area contributed by atoms with Gasteiger partial charge in [0.1, 0.15) is 0 Å². The first-order valence-electron chi connectivity index (χ1n) is 3.90. The first-order chi connectivity index (χ1) is 5.07. The summed E-state index contributed by atoms with van der Waals surface area (Å²) >= 11 is -1.80. The third-order valence-corrected chi connectivity index (χ3v) is 2.62. The topological polar surface area (TPSA) is 40.5 Å². The molecule has 2 unspecified atom stereocenters. The Bertz CT molecular complexity index is 130. The first kappa shape index (κ1) is 11.1. The van der Waals surface area contributed by atoms with Crippen LogP contribution < -0.4 is 0 Å². The fourth-order valence-electron chi connectivity index (χ4n) is 0.684. The Hall–Kier alpha value is 0.0700. The Morgan fingerprint density at radius 3 is 2.55 bits per heavy atom. The van der Waals surface area contributed by atoms with Gasteiger partial charge in [-0.2, -0.15) is 0 Å². The van der Waals surface area contributed by atoms with Gasteiger partial charge in [-0.25, -0.2) is 8.51 Å². The molecule has 0 bridgehead atoms. The highest BCUT2D eigenvalue weighted by Crippen LogP contribution is 2.06. The lowest BCUT2D eigenvalue weighted by atomic mass is 10.1. The Kier molecular flexibility index (Phi) is 5.72. The molecule has 0 saturated carbocycles. The molecule has 3 nitrogen and oxygen atoms in total. The van der Waals surface area contributed by atoms with E-state index in [-0.39, 0.29) is 0 Å². The molecule has 0 rings (SSSR count). The highest BCUT2D eigenvalue weighted by Gasteiger charge is 2.05. The van der Waals surface area contributed by atoms with E-state index in [2.05, 4.69) is 13.8 Å². The summed E-state index contributed by atoms with van der Waals surface area (Å²) in [6, 6.07) is 0. The van der Waals surface area contributed by atoms with Crippen molar-refractivity contribution < 1.29 is 8.76 Å². The van der Waals surface area contributed by atoms with Crippen molar-refractivity contribution in [2.24, 2.45) is 5.92 Å². The van der Waals surface area contributed by atoms with Gasteiger partial charge >= 0.3 is 0 Å². The van der Waals surface area contributed by atoms with Crippen LogP contribution in [0.2, 0.25) is 0 Å². The fraction of sp³-hybridized carbons (Fsp3) is 1.00. The second-order valence-corrected chi connectivity index (χ2v) is 3.97. The van der Waals surface area contributed by atoms with E-state index in [0.717, 1.165) is 12.8 Å². The van der Waals surface area contributed by atoms with E-state index in [0.29, 0.717) is 12.5 Å². The van der Waals surface area contributed by atoms with Crippen LogP contribution >= 0.6 is 0 Å². The molecule has 4 heteroatoms. The van der Waals surface area contributed by atoms with Gasteiger partial charge in [-0.3, -0.25) is 4.55 Å². The van der Waals surface area contributed by atoms with E-state index in [1.807, 2.05) is 0 Å². The molecule has 0 aromatic rings. The molecule has 0 heterocycles. The highest BCUT2D eigenvalue weighted by molar-refractivity contribution is 7.76. The minimum Gasteiger partial charge on any atom is -0.294 e. The van der Waals surface area contributed by atoms with Crippen molar-refractivity contribution in [2.75, 3.05) is 13.6 Å². The van der Waals surface area contributed by atoms with Crippen LogP contribution in [0.5, 0.6) is 0 Å². The van der Waals surface area contributed by atoms with E-state index in [4.69, 9.17) is 4.55 Å². The van der Waals surface area contributed by atoms with Gasteiger partial charge < -0.3 is 0 Å². The van der Waals surface area contributed by atoms with Crippen LogP contribution in [0.4, 0.5) is 0 Å². The SMILES string of the molecule is CCC(C)CCN(C)S(=O)O. The molecular formula is C7H17NO2S. The van der Waals surface area contributed by atoms with Crippen molar-refractivity contribution in [1.29, 1.82) is 0 Å². The Labute approximate surface area is 71.2 Å². The molecule has 0 aliphatic carbocycles. The van der Waals surface area contributed by atoms with Crippen LogP contribution in [0.15, 0.2) is 0 Å². The molecule has 11 heavy (non-hydrogen) atoms. The third kappa shape index (κ3) is 5.35. The molecule has 0 fully saturated rings. The maximum atomic E-state index is 10.4. The summed E-state index contributed by atoms with van der Waals surface area (Å²) in [7, 11) is 1.65. The zero-order chi connectivity index (χ0) is 8.85. The highest BCUT2D eigenvalue weighted by atomic mass is 32.2. The Balaban J connectivity index is 3.45. The summed E-state index contributed by atoms with van der Waals surface area (Å²) in [5, 5.41) is 0. The molecule has 2 atom stereocenters. The second-order valence-electron chi connectivity index (χ2n) is 2.88. The minimum absolute atomic E-state index is 0.640. The van der Waals surface area contributed by atoms with Gasteiger partial charge in [0.05, 0.1) is 0 Å². The second kappa shape index (κ2) is 5.69. The quantitative estimate of drug-likeness (QED) is 0.650. The number of hydrogen-bond donors (Lipinski definition) is 1. The molecule has 0 aromatic carbocycles. The van der Waals surface area contributed by atoms with Crippen molar-refractivity contribution in [1.82, 2.24) is 4.31 Å². The van der Waals surface area contributed by atoms with Crippen molar-refractivity contribution >= 4 is 11.3 Å². The smallest absolute Gasteiger partial charge is 0.234 e. The van der Waals surface area contributed by atoms with Crippen molar-refractivity contribution in [2.45, 2.75) is 26.7 Å². The number of nitrogens with zero attached hydrogens (tertiary/aromatic N) is 1. The van der Waals surface area contributed by atoms with E-state index in [1.54, 1.807) is 7.05 Å². The molecule has 0 aliphatic rings. The summed E-state index contributed by atoms with van der Waals surface area (Å²) in [6.45, 7) is 4.97. The molecule has 0 amide bonds. The zero-order valence-electron chi connectivity index (χ0n) is 7.41. The molecule has 0 aliphatic heterocycles. The predicted octanol–water partition coefficient (Wildman–Crippen LogP) is 1.49. The van der Waals surface area contributed by atoms with Crippen molar-refractivity contribution in [3.05, 3.63) is 0 Å². The maximum Gasteiger partial charge on any atom is 0.234 e. The predicted molar refractivity (Wildman–Crippen MR) is 47.5 cm³/mol. The van der Waals surface area contributed by atoms with Gasteiger partial charge in [0, 0.05) is 13.6 Å². The molecule has 0 aromatic heterocycles. The summed E-state index contributed by atoms with van der Waals surface area (Å²) in [6.07, 6.45) is 2.12. The van der Waals surface area contributed by atoms with Crippen LogP contribution in [0.3, 0.4) is 0 Å². The summed E-state index contributed by atoms with van der Waals surface area (Å²) in [5.41, 5.74) is 0. The van der Waals surface area contributed by atoms with Gasteiger partial charge in [0.15, 0.2) is 0 Å². The summed E-state index contributed by atoms with van der Waals surface area (Å²) in [5.74, 6) is 0.640. The zero-order valence-corrected chi connectivity index (χ0v) is 8.23. The van der Waals surface area contributed by atoms with E-state index in [1.165, 1.54) is 4.31 Å². The van der Waals surface area contributed by atoms with Gasteiger partial charge in [-0.15, -0.1) is 0 Å². The summed E-state index contributed by atoms with van der Waals surface area (Å²) in [4.78, 5) is 0. The fourth-order valence-corrected chi connectivity index (χ4v) is 0.946. The average Bonchev–Trinajstić information content (AvgIpc) is 1.99. The van der Waals surface area contributed by atoms with E-state index >= 15 is 0 Å². The lowest BCUT2D eigenvalue weighted by molar-refractivity contribution is 0.399. The summed E-state index contributed by atoms with van der Waals surface area (Å²) < 4.78 is 20.5. The molecule has 0 saturated heterocycles. The maximum absolute atomic E-state index is 10.4. The molecule has 0 radical (unpaired) electrons. The molecule has 68 valence electrons. The van der Waals surface area contributed by atoms with Crippen LogP contribution in [0, 0.1) is 5.92 Å². The van der Waals surface area contributed by atoms with E-state index in [9.17, 15) is 4.21 Å². The van der Waals surface area contributed by atoms with Crippen molar-refractivity contribution in [3.63, 3.8) is 0 Å². The van der Waals surface area contributed by atoms with Crippen LogP contribution in [0.25, 0.3) is 0 Å². The average molecular weight is 179 g/mol. The number of rotatable bonds is 5. The first-order valence-corrected chi connectivity index (χ1v) is 4.96. The third-order valence-electron chi connectivity index (χ3n) is 1.90. The minimum atomic E-state index is -1.80. The monoisotopic (exact) mass is 179 g/mol. The normalized spacial score (nSPS) is 16.8. The molecule has 0 spiro atoms. The van der Waals surface area contributed by atoms with Crippen LogP contribution in [0.1, 0.15) is 26.7 Å². The van der Waals surface area contributed by atoms with Gasteiger partial charge in [0.25, 0.3) is 0 Å². The van der Waals surface area contributed by atoms with Gasteiger partial charge in [0.2, 0.25) is 11.3 Å². The van der Waals surface area contributed by atoms with Gasteiger partial charge in [-0.1, -0.05) is 20.3 Å².